The first-order valence-electron chi connectivity index (χ1n) is 8.81. The van der Waals surface area contributed by atoms with Crippen LogP contribution >= 0.6 is 11.8 Å². The van der Waals surface area contributed by atoms with Crippen LogP contribution in [-0.2, 0) is 4.79 Å². The molecule has 1 aromatic rings. The number of aliphatic hydroxyl groups is 1. The smallest absolute Gasteiger partial charge is 0.315 e. The maximum absolute atomic E-state index is 12.1. The molecule has 6 nitrogen and oxygen atoms in total. The molecule has 2 saturated heterocycles. The van der Waals surface area contributed by atoms with Gasteiger partial charge in [-0.15, -0.1) is 0 Å². The van der Waals surface area contributed by atoms with Gasteiger partial charge < -0.3 is 21.1 Å². The molecule has 2 fully saturated rings. The third-order valence-corrected chi connectivity index (χ3v) is 6.31. The molecule has 0 bridgehead atoms. The van der Waals surface area contributed by atoms with Crippen molar-refractivity contribution in [1.82, 2.24) is 16.0 Å². The van der Waals surface area contributed by atoms with Crippen LogP contribution in [0.4, 0.5) is 4.79 Å². The molecule has 3 amide bonds. The van der Waals surface area contributed by atoms with E-state index in [0.717, 1.165) is 30.6 Å². The quantitative estimate of drug-likeness (QED) is 0.417. The minimum Gasteiger partial charge on any atom is -0.394 e. The van der Waals surface area contributed by atoms with E-state index in [1.807, 2.05) is 42.1 Å². The van der Waals surface area contributed by atoms with Crippen LogP contribution in [0.15, 0.2) is 30.3 Å². The van der Waals surface area contributed by atoms with Crippen molar-refractivity contribution in [3.8, 4) is 0 Å². The molecule has 0 radical (unpaired) electrons. The molecule has 0 aromatic heterocycles. The third-order valence-electron chi connectivity index (χ3n) is 4.80. The molecule has 0 spiro atoms. The number of urea groups is 1. The van der Waals surface area contributed by atoms with Gasteiger partial charge in [0.25, 0.3) is 0 Å². The molecule has 2 heterocycles. The summed E-state index contributed by atoms with van der Waals surface area (Å²) in [6.07, 6.45) is 3.23. The summed E-state index contributed by atoms with van der Waals surface area (Å²) in [5.41, 5.74) is 0.913. The van der Waals surface area contributed by atoms with E-state index < -0.39 is 0 Å². The summed E-state index contributed by atoms with van der Waals surface area (Å²) in [4.78, 5) is 23.5. The minimum absolute atomic E-state index is 0.0318. The van der Waals surface area contributed by atoms with Crippen LogP contribution in [-0.4, -0.2) is 46.7 Å². The van der Waals surface area contributed by atoms with E-state index in [4.69, 9.17) is 0 Å². The lowest BCUT2D eigenvalue weighted by Gasteiger charge is -2.18. The number of thioether (sulfide) groups is 1. The van der Waals surface area contributed by atoms with Crippen LogP contribution in [0.3, 0.4) is 0 Å². The van der Waals surface area contributed by atoms with E-state index in [1.165, 1.54) is 0 Å². The highest BCUT2D eigenvalue weighted by molar-refractivity contribution is 8.00. The van der Waals surface area contributed by atoms with Crippen LogP contribution in [0.5, 0.6) is 0 Å². The number of carbonyl (C=O) groups excluding carboxylic acids is 2. The van der Waals surface area contributed by atoms with E-state index >= 15 is 0 Å². The number of aliphatic hydroxyl groups excluding tert-OH is 1. The first-order valence-corrected chi connectivity index (χ1v) is 9.86. The van der Waals surface area contributed by atoms with Gasteiger partial charge in [0.15, 0.2) is 0 Å². The second-order valence-electron chi connectivity index (χ2n) is 6.58. The lowest BCUT2D eigenvalue weighted by atomic mass is 10.0. The van der Waals surface area contributed by atoms with Gasteiger partial charge in [-0.1, -0.05) is 36.8 Å². The van der Waals surface area contributed by atoms with Gasteiger partial charge in [-0.2, -0.15) is 11.8 Å². The highest BCUT2D eigenvalue weighted by Gasteiger charge is 2.42. The van der Waals surface area contributed by atoms with E-state index in [1.54, 1.807) is 0 Å². The molecule has 2 aliphatic rings. The SMILES string of the molecule is O=C(CCCC[C@@H]1SC[C@@H]2NC(=O)N[C@@H]21)N[C@@H](CO)c1ccccc1. The van der Waals surface area contributed by atoms with Gasteiger partial charge in [0.1, 0.15) is 0 Å². The Hall–Kier alpha value is -1.73. The summed E-state index contributed by atoms with van der Waals surface area (Å²) in [5.74, 6) is 0.930. The average molecular weight is 363 g/mol. The zero-order chi connectivity index (χ0) is 17.6. The highest BCUT2D eigenvalue weighted by Crippen LogP contribution is 2.33. The van der Waals surface area contributed by atoms with Crippen molar-refractivity contribution in [2.24, 2.45) is 0 Å². The van der Waals surface area contributed by atoms with Crippen molar-refractivity contribution in [1.29, 1.82) is 0 Å². The third kappa shape index (κ3) is 4.67. The van der Waals surface area contributed by atoms with Crippen molar-refractivity contribution in [3.63, 3.8) is 0 Å². The molecular weight excluding hydrogens is 338 g/mol. The Morgan fingerprint density at radius 2 is 2.08 bits per heavy atom. The average Bonchev–Trinajstić information content (AvgIpc) is 3.17. The standard InChI is InChI=1S/C18H25N3O3S/c22-10-13(12-6-2-1-3-7-12)19-16(23)9-5-4-8-15-17-14(11-25-15)20-18(24)21-17/h1-3,6-7,13-15,17,22H,4-5,8-11H2,(H,19,23)(H2,20,21,24)/t13-,14-,15-,17-/m0/s1. The second-order valence-corrected chi connectivity index (χ2v) is 7.85. The fourth-order valence-corrected chi connectivity index (χ4v) is 5.00. The van der Waals surface area contributed by atoms with Gasteiger partial charge in [-0.05, 0) is 18.4 Å². The molecule has 4 N–H and O–H groups in total. The normalized spacial score (nSPS) is 25.8. The number of rotatable bonds is 8. The zero-order valence-electron chi connectivity index (χ0n) is 14.1. The van der Waals surface area contributed by atoms with Crippen molar-refractivity contribution >= 4 is 23.7 Å². The van der Waals surface area contributed by atoms with Gasteiger partial charge in [0.05, 0.1) is 24.7 Å². The van der Waals surface area contributed by atoms with Gasteiger partial charge >= 0.3 is 6.03 Å². The summed E-state index contributed by atoms with van der Waals surface area (Å²) in [5, 5.41) is 18.7. The van der Waals surface area contributed by atoms with E-state index in [0.29, 0.717) is 11.7 Å². The van der Waals surface area contributed by atoms with Crippen LogP contribution in [0.1, 0.15) is 37.3 Å². The van der Waals surface area contributed by atoms with E-state index in [9.17, 15) is 14.7 Å². The first kappa shape index (κ1) is 18.1. The summed E-state index contributed by atoms with van der Waals surface area (Å²) in [7, 11) is 0. The Kier molecular flexibility index (Phi) is 6.20. The molecule has 7 heteroatoms. The first-order chi connectivity index (χ1) is 12.2. The second kappa shape index (κ2) is 8.58. The number of carbonyl (C=O) groups is 2. The van der Waals surface area contributed by atoms with Crippen LogP contribution in [0, 0.1) is 0 Å². The van der Waals surface area contributed by atoms with Gasteiger partial charge in [0, 0.05) is 17.4 Å². The van der Waals surface area contributed by atoms with E-state index in [-0.39, 0.29) is 36.7 Å². The molecule has 1 aromatic carbocycles. The maximum atomic E-state index is 12.1. The molecule has 0 saturated carbocycles. The Bertz CT molecular complexity index is 598. The largest absolute Gasteiger partial charge is 0.394 e. The summed E-state index contributed by atoms with van der Waals surface area (Å²) in [6, 6.07) is 9.58. The zero-order valence-corrected chi connectivity index (χ0v) is 14.9. The van der Waals surface area contributed by atoms with Crippen LogP contribution in [0.25, 0.3) is 0 Å². The van der Waals surface area contributed by atoms with E-state index in [2.05, 4.69) is 16.0 Å². The van der Waals surface area contributed by atoms with Crippen molar-refractivity contribution in [2.75, 3.05) is 12.4 Å². The summed E-state index contributed by atoms with van der Waals surface area (Å²) < 4.78 is 0. The molecule has 3 rings (SSSR count). The predicted molar refractivity (Wildman–Crippen MR) is 98.4 cm³/mol. The summed E-state index contributed by atoms with van der Waals surface area (Å²) >= 11 is 1.90. The topological polar surface area (TPSA) is 90.5 Å². The van der Waals surface area contributed by atoms with Gasteiger partial charge in [0.2, 0.25) is 5.91 Å². The fraction of sp³-hybridized carbons (Fsp3) is 0.556. The fourth-order valence-electron chi connectivity index (χ4n) is 3.46. The Morgan fingerprint density at radius 3 is 2.84 bits per heavy atom. The Balaban J connectivity index is 1.36. The lowest BCUT2D eigenvalue weighted by Crippen LogP contribution is -2.36. The molecule has 136 valence electrons. The molecule has 2 aliphatic heterocycles. The van der Waals surface area contributed by atoms with Crippen molar-refractivity contribution in [2.45, 2.75) is 49.1 Å². The van der Waals surface area contributed by atoms with Crippen LogP contribution in [0.2, 0.25) is 0 Å². The van der Waals surface area contributed by atoms with Crippen LogP contribution < -0.4 is 16.0 Å². The highest BCUT2D eigenvalue weighted by atomic mass is 32.2. The van der Waals surface area contributed by atoms with Gasteiger partial charge in [-0.3, -0.25) is 4.79 Å². The minimum atomic E-state index is -0.348. The number of hydrogen-bond acceptors (Lipinski definition) is 4. The molecular formula is C18H25N3O3S. The number of amides is 3. The Morgan fingerprint density at radius 1 is 1.28 bits per heavy atom. The number of fused-ring (bicyclic) bond motifs is 1. The number of benzene rings is 1. The molecule has 0 aliphatic carbocycles. The van der Waals surface area contributed by atoms with Gasteiger partial charge in [-0.25, -0.2) is 4.79 Å². The van der Waals surface area contributed by atoms with Crippen molar-refractivity contribution in [3.05, 3.63) is 35.9 Å². The number of hydrogen-bond donors (Lipinski definition) is 4. The molecule has 25 heavy (non-hydrogen) atoms. The monoisotopic (exact) mass is 363 g/mol. The lowest BCUT2D eigenvalue weighted by molar-refractivity contribution is -0.122. The maximum Gasteiger partial charge on any atom is 0.315 e. The predicted octanol–water partition coefficient (Wildman–Crippen LogP) is 1.56. The molecule has 4 atom stereocenters. The number of unbranched alkanes of at least 4 members (excludes halogenated alkanes) is 1. The Labute approximate surface area is 152 Å². The number of nitrogens with one attached hydrogen (secondary N) is 3. The summed E-state index contributed by atoms with van der Waals surface area (Å²) in [6.45, 7) is -0.107. The molecule has 0 unspecified atom stereocenters. The van der Waals surface area contributed by atoms with Crippen molar-refractivity contribution < 1.29 is 14.7 Å².